The third-order valence-electron chi connectivity index (χ3n) is 4.47. The van der Waals surface area contributed by atoms with Gasteiger partial charge < -0.3 is 19.9 Å². The van der Waals surface area contributed by atoms with Crippen LogP contribution in [0.2, 0.25) is 0 Å². The van der Waals surface area contributed by atoms with E-state index in [0.717, 1.165) is 19.3 Å². The molecule has 0 saturated heterocycles. The summed E-state index contributed by atoms with van der Waals surface area (Å²) >= 11 is 0. The molecular weight excluding hydrogens is 298 g/mol. The minimum atomic E-state index is -0.850. The fraction of sp³-hybridized carbons (Fsp3) is 0.529. The molecule has 1 amide bonds. The molecule has 0 aliphatic heterocycles. The zero-order chi connectivity index (χ0) is 16.9. The van der Waals surface area contributed by atoms with Gasteiger partial charge in [-0.3, -0.25) is 9.59 Å². The number of benzene rings is 1. The summed E-state index contributed by atoms with van der Waals surface area (Å²) in [4.78, 5) is 24.0. The lowest BCUT2D eigenvalue weighted by molar-refractivity contribution is -0.150. The normalized spacial score (nSPS) is 16.4. The maximum absolute atomic E-state index is 12.4. The average molecular weight is 321 g/mol. The van der Waals surface area contributed by atoms with Crippen LogP contribution in [-0.4, -0.2) is 37.7 Å². The van der Waals surface area contributed by atoms with Crippen molar-refractivity contribution in [2.75, 3.05) is 20.8 Å². The van der Waals surface area contributed by atoms with Crippen molar-refractivity contribution in [2.24, 2.45) is 5.41 Å². The van der Waals surface area contributed by atoms with E-state index >= 15 is 0 Å². The van der Waals surface area contributed by atoms with E-state index in [2.05, 4.69) is 5.32 Å². The van der Waals surface area contributed by atoms with Gasteiger partial charge in [0.15, 0.2) is 0 Å². The Morgan fingerprint density at radius 3 is 2.13 bits per heavy atom. The van der Waals surface area contributed by atoms with Crippen LogP contribution >= 0.6 is 0 Å². The molecule has 2 rings (SSSR count). The number of ether oxygens (including phenoxy) is 2. The van der Waals surface area contributed by atoms with Crippen molar-refractivity contribution in [1.29, 1.82) is 0 Å². The molecule has 0 bridgehead atoms. The molecule has 1 aromatic carbocycles. The number of carbonyl (C=O) groups excluding carboxylic acids is 1. The van der Waals surface area contributed by atoms with Gasteiger partial charge in [-0.15, -0.1) is 0 Å². The lowest BCUT2D eigenvalue weighted by Crippen LogP contribution is -2.44. The first kappa shape index (κ1) is 17.1. The summed E-state index contributed by atoms with van der Waals surface area (Å²) in [6.07, 6.45) is 4.02. The van der Waals surface area contributed by atoms with Crippen molar-refractivity contribution in [3.05, 3.63) is 23.8 Å². The standard InChI is InChI=1S/C17H23NO5/c1-22-13-8-12(9-14(10-13)23-2)15(19)18-11-17(16(20)21)6-4-3-5-7-17/h8-10H,3-7,11H2,1-2H3,(H,18,19)(H,20,21). The SMILES string of the molecule is COc1cc(OC)cc(C(=O)NCC2(C(=O)O)CCCCC2)c1. The molecule has 0 heterocycles. The molecule has 1 saturated carbocycles. The number of carboxylic acid groups (broad SMARTS) is 1. The molecule has 0 unspecified atom stereocenters. The molecular formula is C17H23NO5. The van der Waals surface area contributed by atoms with Crippen LogP contribution in [0.5, 0.6) is 11.5 Å². The maximum Gasteiger partial charge on any atom is 0.311 e. The summed E-state index contributed by atoms with van der Waals surface area (Å²) in [6.45, 7) is 0.140. The first-order chi connectivity index (χ1) is 11.0. The van der Waals surface area contributed by atoms with E-state index in [4.69, 9.17) is 9.47 Å². The molecule has 6 nitrogen and oxygen atoms in total. The van der Waals surface area contributed by atoms with Gasteiger partial charge in [-0.2, -0.15) is 0 Å². The van der Waals surface area contributed by atoms with Crippen molar-refractivity contribution in [3.8, 4) is 11.5 Å². The molecule has 23 heavy (non-hydrogen) atoms. The van der Waals surface area contributed by atoms with Crippen LogP contribution < -0.4 is 14.8 Å². The highest BCUT2D eigenvalue weighted by Crippen LogP contribution is 2.36. The van der Waals surface area contributed by atoms with Crippen LogP contribution in [0.25, 0.3) is 0 Å². The first-order valence-electron chi connectivity index (χ1n) is 7.75. The minimum absolute atomic E-state index is 0.140. The molecule has 0 atom stereocenters. The highest BCUT2D eigenvalue weighted by Gasteiger charge is 2.39. The lowest BCUT2D eigenvalue weighted by Gasteiger charge is -2.33. The number of amides is 1. The number of hydrogen-bond donors (Lipinski definition) is 2. The predicted octanol–water partition coefficient (Wildman–Crippen LogP) is 2.47. The van der Waals surface area contributed by atoms with Gasteiger partial charge in [0, 0.05) is 18.2 Å². The Labute approximate surface area is 135 Å². The van der Waals surface area contributed by atoms with E-state index in [1.54, 1.807) is 18.2 Å². The lowest BCUT2D eigenvalue weighted by atomic mass is 9.74. The third kappa shape index (κ3) is 3.94. The van der Waals surface area contributed by atoms with Crippen LogP contribution in [0, 0.1) is 5.41 Å². The van der Waals surface area contributed by atoms with Crippen LogP contribution in [-0.2, 0) is 4.79 Å². The summed E-state index contributed by atoms with van der Waals surface area (Å²) in [6, 6.07) is 4.88. The number of hydrogen-bond acceptors (Lipinski definition) is 4. The number of rotatable bonds is 6. The Morgan fingerprint density at radius 1 is 1.09 bits per heavy atom. The molecule has 2 N–H and O–H groups in total. The van der Waals surface area contributed by atoms with Crippen molar-refractivity contribution in [1.82, 2.24) is 5.32 Å². The second-order valence-electron chi connectivity index (χ2n) is 5.93. The zero-order valence-corrected chi connectivity index (χ0v) is 13.6. The topological polar surface area (TPSA) is 84.9 Å². The van der Waals surface area contributed by atoms with Gasteiger partial charge in [0.05, 0.1) is 19.6 Å². The summed E-state index contributed by atoms with van der Waals surface area (Å²) in [5, 5.41) is 12.3. The van der Waals surface area contributed by atoms with E-state index in [1.165, 1.54) is 14.2 Å². The molecule has 0 radical (unpaired) electrons. The molecule has 1 aliphatic rings. The van der Waals surface area contributed by atoms with Crippen LogP contribution in [0.4, 0.5) is 0 Å². The first-order valence-corrected chi connectivity index (χ1v) is 7.75. The van der Waals surface area contributed by atoms with Gasteiger partial charge in [0.25, 0.3) is 5.91 Å². The number of carboxylic acids is 1. The number of carbonyl (C=O) groups is 2. The monoisotopic (exact) mass is 321 g/mol. The average Bonchev–Trinajstić information content (AvgIpc) is 2.59. The van der Waals surface area contributed by atoms with Crippen molar-refractivity contribution in [3.63, 3.8) is 0 Å². The Morgan fingerprint density at radius 2 is 1.65 bits per heavy atom. The molecule has 0 aromatic heterocycles. The molecule has 126 valence electrons. The van der Waals surface area contributed by atoms with Gasteiger partial charge in [-0.1, -0.05) is 19.3 Å². The minimum Gasteiger partial charge on any atom is -0.497 e. The van der Waals surface area contributed by atoms with Gasteiger partial charge in [-0.05, 0) is 25.0 Å². The fourth-order valence-electron chi connectivity index (χ4n) is 2.98. The molecule has 0 spiro atoms. The van der Waals surface area contributed by atoms with Crippen LogP contribution in [0.1, 0.15) is 42.5 Å². The summed E-state index contributed by atoms with van der Waals surface area (Å²) in [5.74, 6) is -0.130. The van der Waals surface area contributed by atoms with E-state index in [-0.39, 0.29) is 12.5 Å². The summed E-state index contributed by atoms with van der Waals surface area (Å²) in [5.41, 5.74) is -0.464. The highest BCUT2D eigenvalue weighted by molar-refractivity contribution is 5.95. The number of nitrogens with one attached hydrogen (secondary N) is 1. The number of methoxy groups -OCH3 is 2. The van der Waals surface area contributed by atoms with Gasteiger partial charge in [0.1, 0.15) is 11.5 Å². The zero-order valence-electron chi connectivity index (χ0n) is 13.6. The van der Waals surface area contributed by atoms with Crippen LogP contribution in [0.15, 0.2) is 18.2 Å². The second-order valence-corrected chi connectivity index (χ2v) is 5.93. The fourth-order valence-corrected chi connectivity index (χ4v) is 2.98. The van der Waals surface area contributed by atoms with E-state index < -0.39 is 11.4 Å². The summed E-state index contributed by atoms with van der Waals surface area (Å²) in [7, 11) is 3.02. The quantitative estimate of drug-likeness (QED) is 0.841. The molecule has 1 aliphatic carbocycles. The van der Waals surface area contributed by atoms with E-state index in [0.29, 0.717) is 29.9 Å². The van der Waals surface area contributed by atoms with Gasteiger partial charge >= 0.3 is 5.97 Å². The Bertz CT molecular complexity index is 556. The van der Waals surface area contributed by atoms with Crippen LogP contribution in [0.3, 0.4) is 0 Å². The molecule has 1 fully saturated rings. The Hall–Kier alpha value is -2.24. The van der Waals surface area contributed by atoms with Crippen molar-refractivity contribution in [2.45, 2.75) is 32.1 Å². The van der Waals surface area contributed by atoms with Gasteiger partial charge in [-0.25, -0.2) is 0 Å². The third-order valence-corrected chi connectivity index (χ3v) is 4.47. The Balaban J connectivity index is 2.10. The molecule has 6 heteroatoms. The largest absolute Gasteiger partial charge is 0.497 e. The van der Waals surface area contributed by atoms with Gasteiger partial charge in [0.2, 0.25) is 0 Å². The number of aliphatic carboxylic acids is 1. The Kier molecular flexibility index (Phi) is 5.47. The predicted molar refractivity (Wildman–Crippen MR) is 85.0 cm³/mol. The van der Waals surface area contributed by atoms with Crippen molar-refractivity contribution >= 4 is 11.9 Å². The maximum atomic E-state index is 12.4. The van der Waals surface area contributed by atoms with Crippen molar-refractivity contribution < 1.29 is 24.2 Å². The van der Waals surface area contributed by atoms with E-state index in [1.807, 2.05) is 0 Å². The molecule has 1 aromatic rings. The second kappa shape index (κ2) is 7.35. The highest BCUT2D eigenvalue weighted by atomic mass is 16.5. The summed E-state index contributed by atoms with van der Waals surface area (Å²) < 4.78 is 10.3. The smallest absolute Gasteiger partial charge is 0.311 e. The van der Waals surface area contributed by atoms with E-state index in [9.17, 15) is 14.7 Å².